The van der Waals surface area contributed by atoms with E-state index < -0.39 is 12.1 Å². The number of Topliss-reactive ketones (excluding diaryl/α,β-unsaturated/α-hetero) is 1. The van der Waals surface area contributed by atoms with E-state index in [4.69, 9.17) is 4.74 Å². The number of carbonyl (C=O) groups is 2. The molecule has 128 valence electrons. The zero-order valence-corrected chi connectivity index (χ0v) is 14.6. The van der Waals surface area contributed by atoms with Crippen LogP contribution in [0.3, 0.4) is 0 Å². The summed E-state index contributed by atoms with van der Waals surface area (Å²) < 4.78 is 5.26. The molecule has 2 aromatic carbocycles. The first-order valence-corrected chi connectivity index (χ1v) is 8.64. The molecule has 0 spiro atoms. The van der Waals surface area contributed by atoms with Crippen molar-refractivity contribution in [2.75, 3.05) is 0 Å². The number of ketones is 1. The standard InChI is InChI=1S/C22H22O3/c1-15-6-8-17(9-7-15)10-13-21(23)25-16(2)22(24)20-12-11-18-4-3-5-19(18)14-20/h6-14,16H,3-5H2,1-2H3/b13-10+/t16-/m1/s1. The van der Waals surface area contributed by atoms with Crippen LogP contribution in [0, 0.1) is 6.92 Å². The molecular formula is C22H22O3. The fourth-order valence-corrected chi connectivity index (χ4v) is 3.07. The SMILES string of the molecule is Cc1ccc(/C=C/C(=O)O[C@H](C)C(=O)c2ccc3c(c2)CCC3)cc1. The molecule has 1 aliphatic carbocycles. The lowest BCUT2D eigenvalue weighted by Gasteiger charge is -2.12. The van der Waals surface area contributed by atoms with E-state index in [0.29, 0.717) is 5.56 Å². The summed E-state index contributed by atoms with van der Waals surface area (Å²) in [4.78, 5) is 24.4. The zero-order chi connectivity index (χ0) is 17.8. The van der Waals surface area contributed by atoms with Crippen molar-refractivity contribution in [2.45, 2.75) is 39.2 Å². The predicted octanol–water partition coefficient (Wildman–Crippen LogP) is 4.31. The Bertz CT molecular complexity index is 816. The van der Waals surface area contributed by atoms with Crippen LogP contribution < -0.4 is 0 Å². The van der Waals surface area contributed by atoms with Gasteiger partial charge in [0.1, 0.15) is 0 Å². The van der Waals surface area contributed by atoms with Crippen molar-refractivity contribution in [3.05, 3.63) is 76.4 Å². The Morgan fingerprint density at radius 3 is 2.52 bits per heavy atom. The number of aryl methyl sites for hydroxylation is 3. The molecule has 0 heterocycles. The molecule has 1 atom stereocenters. The van der Waals surface area contributed by atoms with Crippen LogP contribution in [0.4, 0.5) is 0 Å². The molecule has 25 heavy (non-hydrogen) atoms. The molecule has 0 saturated heterocycles. The summed E-state index contributed by atoms with van der Waals surface area (Å²) in [6.07, 6.45) is 5.49. The quantitative estimate of drug-likeness (QED) is 0.465. The smallest absolute Gasteiger partial charge is 0.331 e. The van der Waals surface area contributed by atoms with Crippen LogP contribution in [0.25, 0.3) is 6.08 Å². The molecule has 0 radical (unpaired) electrons. The molecule has 3 heteroatoms. The van der Waals surface area contributed by atoms with Crippen molar-refractivity contribution in [3.63, 3.8) is 0 Å². The van der Waals surface area contributed by atoms with E-state index in [-0.39, 0.29) is 5.78 Å². The number of esters is 1. The monoisotopic (exact) mass is 334 g/mol. The van der Waals surface area contributed by atoms with Gasteiger partial charge in [-0.1, -0.05) is 42.0 Å². The lowest BCUT2D eigenvalue weighted by atomic mass is 10.0. The lowest BCUT2D eigenvalue weighted by molar-refractivity contribution is -0.140. The van der Waals surface area contributed by atoms with Crippen LogP contribution in [-0.4, -0.2) is 17.9 Å². The zero-order valence-electron chi connectivity index (χ0n) is 14.6. The Morgan fingerprint density at radius 2 is 1.76 bits per heavy atom. The number of hydrogen-bond donors (Lipinski definition) is 0. The Balaban J connectivity index is 1.61. The van der Waals surface area contributed by atoms with Crippen molar-refractivity contribution in [1.82, 2.24) is 0 Å². The molecule has 0 unspecified atom stereocenters. The van der Waals surface area contributed by atoms with Crippen molar-refractivity contribution in [1.29, 1.82) is 0 Å². The topological polar surface area (TPSA) is 43.4 Å². The molecule has 0 aromatic heterocycles. The van der Waals surface area contributed by atoms with Gasteiger partial charge < -0.3 is 4.74 Å². The third-order valence-electron chi connectivity index (χ3n) is 4.53. The number of carbonyl (C=O) groups excluding carboxylic acids is 2. The molecule has 0 bridgehead atoms. The van der Waals surface area contributed by atoms with Crippen LogP contribution in [0.2, 0.25) is 0 Å². The normalized spacial score (nSPS) is 14.3. The molecule has 0 fully saturated rings. The van der Waals surface area contributed by atoms with E-state index >= 15 is 0 Å². The van der Waals surface area contributed by atoms with Crippen LogP contribution in [0.15, 0.2) is 48.5 Å². The summed E-state index contributed by atoms with van der Waals surface area (Å²) in [7, 11) is 0. The summed E-state index contributed by atoms with van der Waals surface area (Å²) >= 11 is 0. The minimum Gasteiger partial charge on any atom is -0.451 e. The highest BCUT2D eigenvalue weighted by Gasteiger charge is 2.20. The Kier molecular flexibility index (Phi) is 5.13. The maximum absolute atomic E-state index is 12.5. The second kappa shape index (κ2) is 7.47. The third kappa shape index (κ3) is 4.24. The van der Waals surface area contributed by atoms with Gasteiger partial charge in [-0.05, 0) is 61.9 Å². The Labute approximate surface area is 148 Å². The van der Waals surface area contributed by atoms with Gasteiger partial charge in [0.25, 0.3) is 0 Å². The van der Waals surface area contributed by atoms with E-state index in [1.165, 1.54) is 17.2 Å². The molecule has 2 aromatic rings. The highest BCUT2D eigenvalue weighted by molar-refractivity contribution is 6.01. The second-order valence-corrected chi connectivity index (χ2v) is 6.52. The number of hydrogen-bond acceptors (Lipinski definition) is 3. The highest BCUT2D eigenvalue weighted by Crippen LogP contribution is 2.23. The van der Waals surface area contributed by atoms with Crippen molar-refractivity contribution in [2.24, 2.45) is 0 Å². The maximum atomic E-state index is 12.5. The fraction of sp³-hybridized carbons (Fsp3) is 0.273. The van der Waals surface area contributed by atoms with E-state index in [2.05, 4.69) is 0 Å². The molecule has 3 rings (SSSR count). The van der Waals surface area contributed by atoms with E-state index in [1.54, 1.807) is 13.0 Å². The summed E-state index contributed by atoms with van der Waals surface area (Å²) in [6.45, 7) is 3.63. The van der Waals surface area contributed by atoms with Gasteiger partial charge in [0, 0.05) is 11.6 Å². The number of benzene rings is 2. The highest BCUT2D eigenvalue weighted by atomic mass is 16.5. The van der Waals surface area contributed by atoms with Gasteiger partial charge in [-0.3, -0.25) is 4.79 Å². The Hall–Kier alpha value is -2.68. The summed E-state index contributed by atoms with van der Waals surface area (Å²) in [5.74, 6) is -0.672. The average Bonchev–Trinajstić information content (AvgIpc) is 3.08. The first kappa shape index (κ1) is 17.2. The van der Waals surface area contributed by atoms with Gasteiger partial charge in [-0.15, -0.1) is 0 Å². The van der Waals surface area contributed by atoms with Crippen LogP contribution in [0.5, 0.6) is 0 Å². The van der Waals surface area contributed by atoms with Crippen LogP contribution >= 0.6 is 0 Å². The molecular weight excluding hydrogens is 312 g/mol. The fourth-order valence-electron chi connectivity index (χ4n) is 3.07. The van der Waals surface area contributed by atoms with Gasteiger partial charge in [-0.25, -0.2) is 4.79 Å². The van der Waals surface area contributed by atoms with E-state index in [9.17, 15) is 9.59 Å². The number of ether oxygens (including phenoxy) is 1. The molecule has 0 N–H and O–H groups in total. The van der Waals surface area contributed by atoms with Crippen LogP contribution in [0.1, 0.15) is 46.0 Å². The minimum atomic E-state index is -0.797. The maximum Gasteiger partial charge on any atom is 0.331 e. The summed E-state index contributed by atoms with van der Waals surface area (Å²) in [5.41, 5.74) is 5.25. The lowest BCUT2D eigenvalue weighted by Crippen LogP contribution is -2.23. The van der Waals surface area contributed by atoms with Gasteiger partial charge in [0.05, 0.1) is 0 Å². The molecule has 3 nitrogen and oxygen atoms in total. The van der Waals surface area contributed by atoms with Gasteiger partial charge in [-0.2, -0.15) is 0 Å². The van der Waals surface area contributed by atoms with Crippen molar-refractivity contribution in [3.8, 4) is 0 Å². The largest absolute Gasteiger partial charge is 0.451 e. The van der Waals surface area contributed by atoms with Crippen molar-refractivity contribution >= 4 is 17.8 Å². The van der Waals surface area contributed by atoms with Crippen molar-refractivity contribution < 1.29 is 14.3 Å². The van der Waals surface area contributed by atoms with Gasteiger partial charge in [0.2, 0.25) is 5.78 Å². The number of rotatable bonds is 5. The first-order chi connectivity index (χ1) is 12.0. The third-order valence-corrected chi connectivity index (χ3v) is 4.53. The molecule has 1 aliphatic rings. The summed E-state index contributed by atoms with van der Waals surface area (Å²) in [5, 5.41) is 0. The van der Waals surface area contributed by atoms with E-state index in [0.717, 1.165) is 30.4 Å². The molecule has 0 saturated carbocycles. The average molecular weight is 334 g/mol. The molecule has 0 amide bonds. The van der Waals surface area contributed by atoms with E-state index in [1.807, 2.05) is 49.4 Å². The first-order valence-electron chi connectivity index (χ1n) is 8.64. The minimum absolute atomic E-state index is 0.160. The van der Waals surface area contributed by atoms with Crippen LogP contribution in [-0.2, 0) is 22.4 Å². The number of fused-ring (bicyclic) bond motifs is 1. The second-order valence-electron chi connectivity index (χ2n) is 6.52. The van der Waals surface area contributed by atoms with Gasteiger partial charge in [0.15, 0.2) is 6.10 Å². The van der Waals surface area contributed by atoms with Gasteiger partial charge >= 0.3 is 5.97 Å². The predicted molar refractivity (Wildman–Crippen MR) is 98.6 cm³/mol. The molecule has 0 aliphatic heterocycles. The summed E-state index contributed by atoms with van der Waals surface area (Å²) in [6, 6.07) is 13.6. The Morgan fingerprint density at radius 1 is 1.04 bits per heavy atom.